The lowest BCUT2D eigenvalue weighted by Crippen LogP contribution is -2.00. The number of hydrogen-bond acceptors (Lipinski definition) is 4. The van der Waals surface area contributed by atoms with Gasteiger partial charge in [-0.15, -0.1) is 0 Å². The third kappa shape index (κ3) is 3.76. The van der Waals surface area contributed by atoms with Crippen LogP contribution in [0.1, 0.15) is 0 Å². The fourth-order valence-electron chi connectivity index (χ4n) is 6.27. The molecule has 0 spiro atoms. The second-order valence-corrected chi connectivity index (χ2v) is 10.8. The van der Waals surface area contributed by atoms with Gasteiger partial charge in [0.1, 0.15) is 11.2 Å². The molecule has 0 amide bonds. The Morgan fingerprint density at radius 3 is 1.68 bits per heavy atom. The molecule has 44 heavy (non-hydrogen) atoms. The molecule has 9 aromatic rings. The van der Waals surface area contributed by atoms with Crippen LogP contribution in [0.15, 0.2) is 150 Å². The van der Waals surface area contributed by atoms with E-state index in [1.165, 1.54) is 0 Å². The van der Waals surface area contributed by atoms with Gasteiger partial charge in [0.15, 0.2) is 17.5 Å². The Kier molecular flexibility index (Phi) is 5.43. The molecule has 5 nitrogen and oxygen atoms in total. The van der Waals surface area contributed by atoms with E-state index >= 15 is 0 Å². The van der Waals surface area contributed by atoms with Crippen molar-refractivity contribution in [3.05, 3.63) is 146 Å². The molecule has 0 unspecified atom stereocenters. The van der Waals surface area contributed by atoms with Gasteiger partial charge in [0, 0.05) is 33.0 Å². The minimum absolute atomic E-state index is 0.574. The second kappa shape index (κ2) is 9.75. The summed E-state index contributed by atoms with van der Waals surface area (Å²) in [6.07, 6.45) is 0. The molecule has 0 bridgehead atoms. The molecule has 0 aliphatic rings. The largest absolute Gasteiger partial charge is 0.455 e. The maximum absolute atomic E-state index is 6.89. The number of fused-ring (bicyclic) bond motifs is 7. The van der Waals surface area contributed by atoms with Gasteiger partial charge >= 0.3 is 0 Å². The Balaban J connectivity index is 1.34. The molecular formula is C39H24N4O. The van der Waals surface area contributed by atoms with Crippen LogP contribution in [0.25, 0.3) is 83.6 Å². The van der Waals surface area contributed by atoms with Gasteiger partial charge in [-0.25, -0.2) is 15.0 Å². The topological polar surface area (TPSA) is 56.7 Å². The number of benzene rings is 6. The highest BCUT2D eigenvalue weighted by atomic mass is 16.3. The van der Waals surface area contributed by atoms with Crippen LogP contribution in [0.3, 0.4) is 0 Å². The molecule has 9 rings (SSSR count). The van der Waals surface area contributed by atoms with E-state index in [2.05, 4.69) is 77.4 Å². The highest BCUT2D eigenvalue weighted by Gasteiger charge is 2.21. The van der Waals surface area contributed by atoms with E-state index < -0.39 is 0 Å². The Hall–Kier alpha value is -6.07. The first-order valence-electron chi connectivity index (χ1n) is 14.6. The highest BCUT2D eigenvalue weighted by Crippen LogP contribution is 2.42. The van der Waals surface area contributed by atoms with Crippen molar-refractivity contribution in [1.82, 2.24) is 19.5 Å². The summed E-state index contributed by atoms with van der Waals surface area (Å²) in [6, 6.07) is 49.6. The van der Waals surface area contributed by atoms with Crippen LogP contribution in [0.5, 0.6) is 0 Å². The van der Waals surface area contributed by atoms with Gasteiger partial charge in [-0.05, 0) is 36.4 Å². The molecule has 3 heterocycles. The van der Waals surface area contributed by atoms with Crippen LogP contribution in [-0.4, -0.2) is 19.5 Å². The van der Waals surface area contributed by atoms with Crippen LogP contribution in [-0.2, 0) is 0 Å². The Bertz CT molecular complexity index is 2420. The molecule has 0 N–H and O–H groups in total. The quantitative estimate of drug-likeness (QED) is 0.213. The van der Waals surface area contributed by atoms with Gasteiger partial charge in [0.2, 0.25) is 0 Å². The average Bonchev–Trinajstić information content (AvgIpc) is 3.65. The lowest BCUT2D eigenvalue weighted by atomic mass is 10.1. The molecule has 0 radical (unpaired) electrons. The number of aromatic nitrogens is 4. The molecule has 0 atom stereocenters. The highest BCUT2D eigenvalue weighted by molar-refractivity contribution is 6.24. The van der Waals surface area contributed by atoms with Crippen LogP contribution in [0.2, 0.25) is 0 Å². The minimum Gasteiger partial charge on any atom is -0.455 e. The lowest BCUT2D eigenvalue weighted by molar-refractivity contribution is 0.673. The van der Waals surface area contributed by atoms with Crippen molar-refractivity contribution in [2.24, 2.45) is 0 Å². The number of hydrogen-bond donors (Lipinski definition) is 0. The molecule has 3 aromatic heterocycles. The third-order valence-electron chi connectivity index (χ3n) is 8.25. The van der Waals surface area contributed by atoms with Gasteiger partial charge in [-0.2, -0.15) is 0 Å². The van der Waals surface area contributed by atoms with E-state index in [4.69, 9.17) is 19.4 Å². The standard InChI is InChI=1S/C39H24N4O/c1-4-13-25(14-5-1)37-40-38(26-15-6-2-7-16-26)42-39(41-37)31-21-12-20-28-29-23-24-33-34(36(29)44-35(28)31)30-19-10-11-22-32(30)43(33)27-17-8-3-9-18-27/h1-24H. The van der Waals surface area contributed by atoms with Crippen LogP contribution < -0.4 is 0 Å². The number of para-hydroxylation sites is 3. The summed E-state index contributed by atoms with van der Waals surface area (Å²) < 4.78 is 9.19. The van der Waals surface area contributed by atoms with Crippen molar-refractivity contribution in [3.63, 3.8) is 0 Å². The fourth-order valence-corrected chi connectivity index (χ4v) is 6.27. The second-order valence-electron chi connectivity index (χ2n) is 10.8. The zero-order valence-corrected chi connectivity index (χ0v) is 23.6. The molecule has 0 fully saturated rings. The van der Waals surface area contributed by atoms with E-state index in [9.17, 15) is 0 Å². The maximum Gasteiger partial charge on any atom is 0.167 e. The fraction of sp³-hybridized carbons (Fsp3) is 0. The number of nitrogens with zero attached hydrogens (tertiary/aromatic N) is 4. The molecule has 0 saturated heterocycles. The van der Waals surface area contributed by atoms with Gasteiger partial charge in [0.05, 0.1) is 22.0 Å². The van der Waals surface area contributed by atoms with Crippen molar-refractivity contribution in [1.29, 1.82) is 0 Å². The van der Waals surface area contributed by atoms with Crippen molar-refractivity contribution in [2.45, 2.75) is 0 Å². The van der Waals surface area contributed by atoms with Crippen molar-refractivity contribution >= 4 is 43.7 Å². The van der Waals surface area contributed by atoms with Crippen molar-refractivity contribution < 1.29 is 4.42 Å². The summed E-state index contributed by atoms with van der Waals surface area (Å²) in [7, 11) is 0. The summed E-state index contributed by atoms with van der Waals surface area (Å²) in [5.74, 6) is 1.82. The number of furan rings is 1. The number of rotatable bonds is 4. The summed E-state index contributed by atoms with van der Waals surface area (Å²) >= 11 is 0. The lowest BCUT2D eigenvalue weighted by Gasteiger charge is -2.08. The summed E-state index contributed by atoms with van der Waals surface area (Å²) in [5, 5.41) is 4.33. The minimum atomic E-state index is 0.574. The first-order valence-corrected chi connectivity index (χ1v) is 14.6. The van der Waals surface area contributed by atoms with Gasteiger partial charge in [-0.1, -0.05) is 109 Å². The summed E-state index contributed by atoms with van der Waals surface area (Å²) in [5.41, 5.74) is 7.66. The molecule has 0 aliphatic carbocycles. The Labute approximate surface area is 252 Å². The molecular weight excluding hydrogens is 540 g/mol. The van der Waals surface area contributed by atoms with E-state index in [0.29, 0.717) is 17.5 Å². The summed E-state index contributed by atoms with van der Waals surface area (Å²) in [4.78, 5) is 14.9. The maximum atomic E-state index is 6.89. The first-order chi connectivity index (χ1) is 21.8. The van der Waals surface area contributed by atoms with Crippen LogP contribution >= 0.6 is 0 Å². The Morgan fingerprint density at radius 2 is 0.977 bits per heavy atom. The zero-order valence-electron chi connectivity index (χ0n) is 23.6. The summed E-state index contributed by atoms with van der Waals surface area (Å²) in [6.45, 7) is 0. The molecule has 5 heteroatoms. The van der Waals surface area contributed by atoms with Crippen LogP contribution in [0.4, 0.5) is 0 Å². The van der Waals surface area contributed by atoms with Gasteiger partial charge in [-0.3, -0.25) is 0 Å². The average molecular weight is 565 g/mol. The van der Waals surface area contributed by atoms with Crippen LogP contribution in [0, 0.1) is 0 Å². The van der Waals surface area contributed by atoms with E-state index in [-0.39, 0.29) is 0 Å². The zero-order chi connectivity index (χ0) is 29.0. The Morgan fingerprint density at radius 1 is 0.409 bits per heavy atom. The molecule has 0 saturated carbocycles. The molecule has 6 aromatic carbocycles. The molecule has 0 aliphatic heterocycles. The van der Waals surface area contributed by atoms with Gasteiger partial charge in [0.25, 0.3) is 0 Å². The van der Waals surface area contributed by atoms with Gasteiger partial charge < -0.3 is 8.98 Å². The predicted molar refractivity (Wildman–Crippen MR) is 178 cm³/mol. The monoisotopic (exact) mass is 564 g/mol. The SMILES string of the molecule is c1ccc(-c2nc(-c3ccccc3)nc(-c3cccc4c3oc3c4ccc4c3c3ccccc3n4-c3ccccc3)n2)cc1. The first kappa shape index (κ1) is 24.5. The predicted octanol–water partition coefficient (Wildman–Crippen LogP) is 9.87. The van der Waals surface area contributed by atoms with Crippen molar-refractivity contribution in [3.8, 4) is 39.9 Å². The van der Waals surface area contributed by atoms with E-state index in [0.717, 1.165) is 66.1 Å². The normalized spacial score (nSPS) is 11.6. The molecule has 206 valence electrons. The van der Waals surface area contributed by atoms with E-state index in [1.54, 1.807) is 0 Å². The van der Waals surface area contributed by atoms with Crippen molar-refractivity contribution in [2.75, 3.05) is 0 Å². The third-order valence-corrected chi connectivity index (χ3v) is 8.25. The smallest absolute Gasteiger partial charge is 0.167 e. The van der Waals surface area contributed by atoms with E-state index in [1.807, 2.05) is 72.8 Å².